The summed E-state index contributed by atoms with van der Waals surface area (Å²) in [6.07, 6.45) is 4.21. The quantitative estimate of drug-likeness (QED) is 0.570. The summed E-state index contributed by atoms with van der Waals surface area (Å²) >= 11 is 1.15. The zero-order chi connectivity index (χ0) is 15.2. The number of rotatable bonds is 4. The number of carbonyl (C=O) groups is 2. The van der Waals surface area contributed by atoms with Gasteiger partial charge in [-0.3, -0.25) is 10.1 Å². The molecule has 1 aromatic rings. The number of urea groups is 1. The van der Waals surface area contributed by atoms with Crippen molar-refractivity contribution in [3.05, 3.63) is 11.8 Å². The average molecular weight is 309 g/mol. The highest BCUT2D eigenvalue weighted by molar-refractivity contribution is 7.99. The highest BCUT2D eigenvalue weighted by Gasteiger charge is 2.18. The molecule has 1 aliphatic carbocycles. The number of hydrogen-bond acceptors (Lipinski definition) is 6. The summed E-state index contributed by atoms with van der Waals surface area (Å²) in [5, 5.41) is 5.53. The molecule has 4 N–H and O–H groups in total. The molecule has 21 heavy (non-hydrogen) atoms. The molecule has 1 aliphatic rings. The predicted molar refractivity (Wildman–Crippen MR) is 80.8 cm³/mol. The number of imide groups is 1. The molecule has 1 saturated carbocycles. The van der Waals surface area contributed by atoms with Gasteiger partial charge in [0.15, 0.2) is 5.16 Å². The third-order valence-electron chi connectivity index (χ3n) is 3.13. The molecule has 0 radical (unpaired) electrons. The van der Waals surface area contributed by atoms with E-state index in [2.05, 4.69) is 20.6 Å². The van der Waals surface area contributed by atoms with Crippen LogP contribution < -0.4 is 16.4 Å². The molecule has 1 aromatic heterocycles. The summed E-state index contributed by atoms with van der Waals surface area (Å²) in [6, 6.07) is 1.40. The van der Waals surface area contributed by atoms with Crippen molar-refractivity contribution in [2.75, 3.05) is 11.5 Å². The number of anilines is 1. The third-order valence-corrected chi connectivity index (χ3v) is 3.98. The van der Waals surface area contributed by atoms with Crippen molar-refractivity contribution in [3.8, 4) is 0 Å². The number of aryl methyl sites for hydroxylation is 1. The van der Waals surface area contributed by atoms with E-state index in [-0.39, 0.29) is 17.7 Å². The Labute approximate surface area is 127 Å². The number of aromatic nitrogens is 2. The minimum atomic E-state index is -0.433. The first-order valence-corrected chi connectivity index (χ1v) is 7.86. The zero-order valence-corrected chi connectivity index (χ0v) is 12.7. The van der Waals surface area contributed by atoms with Crippen molar-refractivity contribution in [3.63, 3.8) is 0 Å². The van der Waals surface area contributed by atoms with Crippen LogP contribution in [0.5, 0.6) is 0 Å². The first-order valence-electron chi connectivity index (χ1n) is 6.87. The van der Waals surface area contributed by atoms with E-state index in [0.717, 1.165) is 43.1 Å². The largest absolute Gasteiger partial charge is 0.384 e. The molecule has 0 aromatic carbocycles. The first-order chi connectivity index (χ1) is 10.0. The number of thioether (sulfide) groups is 1. The number of nitrogens with two attached hydrogens (primary N) is 1. The lowest BCUT2D eigenvalue weighted by Crippen LogP contribution is -2.44. The maximum Gasteiger partial charge on any atom is 0.321 e. The number of hydrogen-bond donors (Lipinski definition) is 3. The van der Waals surface area contributed by atoms with Crippen molar-refractivity contribution in [1.82, 2.24) is 20.6 Å². The number of carbonyl (C=O) groups excluding carboxylic acids is 2. The van der Waals surface area contributed by atoms with E-state index >= 15 is 0 Å². The molecule has 0 aliphatic heterocycles. The van der Waals surface area contributed by atoms with Gasteiger partial charge in [-0.15, -0.1) is 0 Å². The fraction of sp³-hybridized carbons (Fsp3) is 0.538. The Morgan fingerprint density at radius 1 is 1.38 bits per heavy atom. The second kappa shape index (κ2) is 7.26. The Balaban J connectivity index is 1.74. The number of nitrogens with zero attached hydrogens (tertiary/aromatic N) is 2. The lowest BCUT2D eigenvalue weighted by Gasteiger charge is -2.12. The highest BCUT2D eigenvalue weighted by atomic mass is 32.2. The SMILES string of the molecule is Cc1cc(N)nc(SCC(=O)NC(=O)NC2CCCC2)n1. The summed E-state index contributed by atoms with van der Waals surface area (Å²) in [6.45, 7) is 1.80. The van der Waals surface area contributed by atoms with Crippen LogP contribution >= 0.6 is 11.8 Å². The summed E-state index contributed by atoms with van der Waals surface area (Å²) in [5.74, 6) is 0.0598. The van der Waals surface area contributed by atoms with Crippen LogP contribution in [-0.4, -0.2) is 33.7 Å². The van der Waals surface area contributed by atoms with Crippen LogP contribution in [0, 0.1) is 6.92 Å². The van der Waals surface area contributed by atoms with E-state index in [1.54, 1.807) is 13.0 Å². The van der Waals surface area contributed by atoms with Gasteiger partial charge in [0.05, 0.1) is 5.75 Å². The van der Waals surface area contributed by atoms with Crippen molar-refractivity contribution in [2.24, 2.45) is 0 Å². The van der Waals surface area contributed by atoms with E-state index in [9.17, 15) is 9.59 Å². The van der Waals surface area contributed by atoms with Crippen molar-refractivity contribution >= 4 is 29.5 Å². The van der Waals surface area contributed by atoms with Crippen molar-refractivity contribution in [1.29, 1.82) is 0 Å². The van der Waals surface area contributed by atoms with Crippen LogP contribution in [0.15, 0.2) is 11.2 Å². The van der Waals surface area contributed by atoms with Gasteiger partial charge >= 0.3 is 6.03 Å². The van der Waals surface area contributed by atoms with Gasteiger partial charge in [-0.05, 0) is 19.8 Å². The summed E-state index contributed by atoms with van der Waals surface area (Å²) in [5.41, 5.74) is 6.35. The van der Waals surface area contributed by atoms with Gasteiger partial charge in [0.1, 0.15) is 5.82 Å². The van der Waals surface area contributed by atoms with Gasteiger partial charge in [-0.25, -0.2) is 14.8 Å². The molecule has 0 bridgehead atoms. The fourth-order valence-electron chi connectivity index (χ4n) is 2.21. The monoisotopic (exact) mass is 309 g/mol. The first kappa shape index (κ1) is 15.6. The van der Waals surface area contributed by atoms with Crippen LogP contribution in [0.25, 0.3) is 0 Å². The normalized spacial score (nSPS) is 14.9. The van der Waals surface area contributed by atoms with Gasteiger partial charge in [-0.2, -0.15) is 0 Å². The minimum absolute atomic E-state index is 0.0704. The molecule has 8 heteroatoms. The predicted octanol–water partition coefficient (Wildman–Crippen LogP) is 1.23. The van der Waals surface area contributed by atoms with Crippen molar-refractivity contribution < 1.29 is 9.59 Å². The topological polar surface area (TPSA) is 110 Å². The lowest BCUT2D eigenvalue weighted by atomic mass is 10.2. The van der Waals surface area contributed by atoms with E-state index < -0.39 is 6.03 Å². The van der Waals surface area contributed by atoms with E-state index in [0.29, 0.717) is 11.0 Å². The molecule has 1 fully saturated rings. The summed E-state index contributed by atoms with van der Waals surface area (Å²) < 4.78 is 0. The number of amides is 3. The van der Waals surface area contributed by atoms with Gasteiger partial charge in [0.25, 0.3) is 0 Å². The van der Waals surface area contributed by atoms with E-state index in [4.69, 9.17) is 5.73 Å². The van der Waals surface area contributed by atoms with Gasteiger partial charge in [0.2, 0.25) is 5.91 Å². The van der Waals surface area contributed by atoms with Gasteiger partial charge < -0.3 is 11.1 Å². The highest BCUT2D eigenvalue weighted by Crippen LogP contribution is 2.17. The lowest BCUT2D eigenvalue weighted by molar-refractivity contribution is -0.117. The second-order valence-corrected chi connectivity index (χ2v) is 5.95. The molecule has 0 spiro atoms. The van der Waals surface area contributed by atoms with Crippen LogP contribution in [0.1, 0.15) is 31.4 Å². The molecular weight excluding hydrogens is 290 g/mol. The molecule has 2 rings (SSSR count). The standard InChI is InChI=1S/C13H19N5O2S/c1-8-6-10(14)17-13(15-8)21-7-11(19)18-12(20)16-9-4-2-3-5-9/h6,9H,2-5,7H2,1H3,(H2,14,15,17)(H2,16,18,19,20). The summed E-state index contributed by atoms with van der Waals surface area (Å²) in [4.78, 5) is 31.5. The Hall–Kier alpha value is -1.83. The second-order valence-electron chi connectivity index (χ2n) is 5.01. The molecule has 0 unspecified atom stereocenters. The molecule has 0 saturated heterocycles. The van der Waals surface area contributed by atoms with Crippen molar-refractivity contribution in [2.45, 2.75) is 43.8 Å². The Morgan fingerprint density at radius 3 is 2.76 bits per heavy atom. The van der Waals surface area contributed by atoms with Crippen LogP contribution in [0.4, 0.5) is 10.6 Å². The number of nitrogens with one attached hydrogen (secondary N) is 2. The zero-order valence-electron chi connectivity index (χ0n) is 11.9. The molecule has 3 amide bonds. The average Bonchev–Trinajstić information content (AvgIpc) is 2.88. The Morgan fingerprint density at radius 2 is 2.10 bits per heavy atom. The third kappa shape index (κ3) is 5.22. The van der Waals surface area contributed by atoms with E-state index in [1.165, 1.54) is 0 Å². The van der Waals surface area contributed by atoms with E-state index in [1.807, 2.05) is 0 Å². The van der Waals surface area contributed by atoms with Crippen LogP contribution in [-0.2, 0) is 4.79 Å². The summed E-state index contributed by atoms with van der Waals surface area (Å²) in [7, 11) is 0. The van der Waals surface area contributed by atoms with Gasteiger partial charge in [0, 0.05) is 17.8 Å². The maximum atomic E-state index is 11.7. The number of nitrogen functional groups attached to an aromatic ring is 1. The Bertz CT molecular complexity index is 511. The molecular formula is C13H19N5O2S. The fourth-order valence-corrected chi connectivity index (χ4v) is 2.92. The molecule has 0 atom stereocenters. The smallest absolute Gasteiger partial charge is 0.321 e. The maximum absolute atomic E-state index is 11.7. The van der Waals surface area contributed by atoms with Gasteiger partial charge in [-0.1, -0.05) is 24.6 Å². The Kier molecular flexibility index (Phi) is 5.38. The molecule has 1 heterocycles. The molecule has 114 valence electrons. The van der Waals surface area contributed by atoms with Crippen LogP contribution in [0.2, 0.25) is 0 Å². The van der Waals surface area contributed by atoms with Crippen LogP contribution in [0.3, 0.4) is 0 Å². The minimum Gasteiger partial charge on any atom is -0.384 e. The molecule has 7 nitrogen and oxygen atoms in total.